The van der Waals surface area contributed by atoms with Crippen molar-refractivity contribution in [1.29, 1.82) is 0 Å². The van der Waals surface area contributed by atoms with E-state index in [0.717, 1.165) is 17.3 Å². The Morgan fingerprint density at radius 3 is 2.36 bits per heavy atom. The van der Waals surface area contributed by atoms with Gasteiger partial charge in [-0.2, -0.15) is 0 Å². The molecule has 0 spiro atoms. The number of benzene rings is 2. The highest BCUT2D eigenvalue weighted by atomic mass is 32.2. The average Bonchev–Trinajstić information content (AvgIpc) is 3.08. The highest BCUT2D eigenvalue weighted by Gasteiger charge is 2.45. The van der Waals surface area contributed by atoms with Crippen molar-refractivity contribution >= 4 is 34.7 Å². The van der Waals surface area contributed by atoms with Crippen LogP contribution in [0.25, 0.3) is 0 Å². The number of likely N-dealkylation sites (tertiary alicyclic amines) is 1. The van der Waals surface area contributed by atoms with Gasteiger partial charge < -0.3 is 19.7 Å². The summed E-state index contributed by atoms with van der Waals surface area (Å²) in [5, 5.41) is 1.82. The second-order valence-corrected chi connectivity index (χ2v) is 8.82. The molecule has 0 bridgehead atoms. The first-order valence-corrected chi connectivity index (χ1v) is 11.5. The van der Waals surface area contributed by atoms with Gasteiger partial charge in [-0.15, -0.1) is 0 Å². The molecule has 0 aromatic heterocycles. The summed E-state index contributed by atoms with van der Waals surface area (Å²) in [6.07, 6.45) is 0.0664. The number of ether oxygens (including phenoxy) is 2. The summed E-state index contributed by atoms with van der Waals surface area (Å²) < 4.78 is 10.6. The minimum atomic E-state index is -0.874. The maximum atomic E-state index is 12.9. The molecule has 8 nitrogen and oxygen atoms in total. The number of esters is 1. The van der Waals surface area contributed by atoms with Crippen LogP contribution in [-0.2, 0) is 30.5 Å². The first-order valence-electron chi connectivity index (χ1n) is 10.6. The zero-order valence-corrected chi connectivity index (χ0v) is 19.3. The van der Waals surface area contributed by atoms with Crippen molar-refractivity contribution in [2.24, 2.45) is 0 Å². The van der Waals surface area contributed by atoms with Crippen molar-refractivity contribution in [3.8, 4) is 11.5 Å². The second-order valence-electron chi connectivity index (χ2n) is 7.40. The molecule has 0 saturated carbocycles. The summed E-state index contributed by atoms with van der Waals surface area (Å²) in [4.78, 5) is 50.4. The molecule has 0 radical (unpaired) electrons. The lowest BCUT2D eigenvalue weighted by molar-refractivity contribution is -0.144. The van der Waals surface area contributed by atoms with Crippen LogP contribution in [0.5, 0.6) is 11.5 Å². The number of hydrogen-bond acceptors (Lipinski definition) is 7. The molecule has 1 saturated heterocycles. The Labute approximate surface area is 196 Å². The Balaban J connectivity index is 1.71. The molecule has 0 unspecified atom stereocenters. The molecule has 1 fully saturated rings. The molecule has 3 rings (SSSR count). The smallest absolute Gasteiger partial charge is 0.325 e. The van der Waals surface area contributed by atoms with Crippen LogP contribution in [0.15, 0.2) is 54.6 Å². The van der Waals surface area contributed by atoms with E-state index in [2.05, 4.69) is 5.32 Å². The standard InChI is InChI=1S/C24H26N2O6S/c1-3-31-22(29)14-25-24(30)23-20(33-16(2)27)13-21(28)26(23)15-17-9-11-19(12-10-17)32-18-7-5-4-6-8-18/h4-12,20,23H,3,13-15H2,1-2H3,(H,25,30)/t20-,23-/m0/s1. The number of nitrogens with zero attached hydrogens (tertiary/aromatic N) is 1. The van der Waals surface area contributed by atoms with Gasteiger partial charge in [0.2, 0.25) is 11.8 Å². The lowest BCUT2D eigenvalue weighted by Gasteiger charge is -2.26. The van der Waals surface area contributed by atoms with Crippen LogP contribution in [0.1, 0.15) is 25.8 Å². The van der Waals surface area contributed by atoms with Crippen molar-refractivity contribution in [3.05, 3.63) is 60.2 Å². The van der Waals surface area contributed by atoms with Crippen molar-refractivity contribution < 1.29 is 28.7 Å². The Morgan fingerprint density at radius 2 is 1.73 bits per heavy atom. The quantitative estimate of drug-likeness (QED) is 0.562. The lowest BCUT2D eigenvalue weighted by atomic mass is 10.1. The minimum Gasteiger partial charge on any atom is -0.465 e. The summed E-state index contributed by atoms with van der Waals surface area (Å²) in [6, 6.07) is 15.7. The van der Waals surface area contributed by atoms with E-state index in [4.69, 9.17) is 9.47 Å². The topological polar surface area (TPSA) is 102 Å². The third-order valence-corrected chi connectivity index (χ3v) is 6.00. The normalized spacial score (nSPS) is 17.5. The number of carbonyl (C=O) groups is 4. The van der Waals surface area contributed by atoms with E-state index >= 15 is 0 Å². The maximum absolute atomic E-state index is 12.9. The summed E-state index contributed by atoms with van der Waals surface area (Å²) in [7, 11) is 0. The monoisotopic (exact) mass is 470 g/mol. The predicted molar refractivity (Wildman–Crippen MR) is 124 cm³/mol. The van der Waals surface area contributed by atoms with Crippen molar-refractivity contribution in [2.75, 3.05) is 13.2 Å². The van der Waals surface area contributed by atoms with E-state index in [1.165, 1.54) is 11.8 Å². The number of hydrogen-bond donors (Lipinski definition) is 1. The Bertz CT molecular complexity index is 996. The van der Waals surface area contributed by atoms with Crippen molar-refractivity contribution in [2.45, 2.75) is 38.1 Å². The van der Waals surface area contributed by atoms with Gasteiger partial charge in [0.25, 0.3) is 0 Å². The van der Waals surface area contributed by atoms with E-state index in [9.17, 15) is 19.2 Å². The molecule has 1 N–H and O–H groups in total. The molecule has 1 aliphatic heterocycles. The van der Waals surface area contributed by atoms with E-state index in [1.54, 1.807) is 19.1 Å². The van der Waals surface area contributed by atoms with E-state index in [0.29, 0.717) is 11.5 Å². The van der Waals surface area contributed by atoms with Gasteiger partial charge in [0.15, 0.2) is 5.12 Å². The minimum absolute atomic E-state index is 0.0664. The summed E-state index contributed by atoms with van der Waals surface area (Å²) in [6.45, 7) is 3.17. The molecule has 1 heterocycles. The van der Waals surface area contributed by atoms with E-state index in [-0.39, 0.29) is 37.1 Å². The fourth-order valence-corrected chi connectivity index (χ4v) is 4.58. The van der Waals surface area contributed by atoms with Gasteiger partial charge in [-0.3, -0.25) is 19.2 Å². The fraction of sp³-hybridized carbons (Fsp3) is 0.333. The average molecular weight is 471 g/mol. The number of para-hydroxylation sites is 1. The van der Waals surface area contributed by atoms with Gasteiger partial charge in [0, 0.05) is 19.9 Å². The number of rotatable bonds is 9. The Morgan fingerprint density at radius 1 is 1.06 bits per heavy atom. The number of nitrogens with one attached hydrogen (secondary N) is 1. The molecule has 2 amide bonds. The second kappa shape index (κ2) is 11.5. The van der Waals surface area contributed by atoms with Gasteiger partial charge in [-0.05, 0) is 36.8 Å². The SMILES string of the molecule is CCOC(=O)CNC(=O)[C@@H]1[C@@H](SC(C)=O)CC(=O)N1Cc1ccc(Oc2ccccc2)cc1. The van der Waals surface area contributed by atoms with Crippen molar-refractivity contribution in [1.82, 2.24) is 10.2 Å². The fourth-order valence-electron chi connectivity index (χ4n) is 3.53. The van der Waals surface area contributed by atoms with Crippen LogP contribution in [0, 0.1) is 0 Å². The lowest BCUT2D eigenvalue weighted by Crippen LogP contribution is -2.49. The summed E-state index contributed by atoms with van der Waals surface area (Å²) in [5.74, 6) is 0.0756. The van der Waals surface area contributed by atoms with Gasteiger partial charge >= 0.3 is 5.97 Å². The van der Waals surface area contributed by atoms with Gasteiger partial charge in [0.05, 0.1) is 11.9 Å². The largest absolute Gasteiger partial charge is 0.465 e. The van der Waals surface area contributed by atoms with Gasteiger partial charge in [-0.1, -0.05) is 42.1 Å². The van der Waals surface area contributed by atoms with Crippen molar-refractivity contribution in [3.63, 3.8) is 0 Å². The molecule has 2 aromatic carbocycles. The van der Waals surface area contributed by atoms with Crippen LogP contribution in [0.3, 0.4) is 0 Å². The third-order valence-electron chi connectivity index (χ3n) is 4.94. The number of amides is 2. The molecule has 9 heteroatoms. The molecule has 2 aromatic rings. The molecule has 174 valence electrons. The first-order chi connectivity index (χ1) is 15.9. The number of carbonyl (C=O) groups excluding carboxylic acids is 4. The van der Waals surface area contributed by atoms with Crippen LogP contribution < -0.4 is 10.1 Å². The first kappa shape index (κ1) is 24.3. The molecule has 0 aliphatic carbocycles. The molecule has 33 heavy (non-hydrogen) atoms. The van der Waals surface area contributed by atoms with Gasteiger partial charge in [-0.25, -0.2) is 0 Å². The summed E-state index contributed by atoms with van der Waals surface area (Å²) in [5.41, 5.74) is 0.806. The molecular formula is C24H26N2O6S. The maximum Gasteiger partial charge on any atom is 0.325 e. The third kappa shape index (κ3) is 6.82. The Hall–Kier alpha value is -3.33. The van der Waals surface area contributed by atoms with E-state index < -0.39 is 23.2 Å². The Kier molecular flexibility index (Phi) is 8.48. The van der Waals surface area contributed by atoms with Crippen LogP contribution >= 0.6 is 11.8 Å². The molecular weight excluding hydrogens is 444 g/mol. The van der Waals surface area contributed by atoms with Gasteiger partial charge in [0.1, 0.15) is 24.1 Å². The number of thioether (sulfide) groups is 1. The van der Waals surface area contributed by atoms with E-state index in [1.807, 2.05) is 42.5 Å². The molecule has 2 atom stereocenters. The van der Waals surface area contributed by atoms with Crippen LogP contribution in [-0.4, -0.2) is 52.2 Å². The summed E-state index contributed by atoms with van der Waals surface area (Å²) >= 11 is 0.966. The predicted octanol–water partition coefficient (Wildman–Crippen LogP) is 2.91. The highest BCUT2D eigenvalue weighted by molar-refractivity contribution is 8.14. The highest BCUT2D eigenvalue weighted by Crippen LogP contribution is 2.32. The van der Waals surface area contributed by atoms with Crippen LogP contribution in [0.2, 0.25) is 0 Å². The van der Waals surface area contributed by atoms with Crippen LogP contribution in [0.4, 0.5) is 0 Å². The molecule has 1 aliphatic rings. The zero-order chi connectivity index (χ0) is 23.8. The zero-order valence-electron chi connectivity index (χ0n) is 18.5.